The molecule has 0 saturated heterocycles. The van der Waals surface area contributed by atoms with E-state index < -0.39 is 34.3 Å². The minimum Gasteiger partial charge on any atom is -0.423 e. The molecule has 164 valence electrons. The quantitative estimate of drug-likeness (QED) is 0.193. The van der Waals surface area contributed by atoms with Gasteiger partial charge in [-0.3, -0.25) is 10.1 Å². The molecule has 0 aliphatic heterocycles. The van der Waals surface area contributed by atoms with Gasteiger partial charge in [-0.05, 0) is 30.3 Å². The van der Waals surface area contributed by atoms with Crippen LogP contribution in [0.15, 0.2) is 42.5 Å². The highest BCUT2D eigenvalue weighted by atomic mass is 32.1. The molecule has 0 amide bonds. The maximum Gasteiger partial charge on any atom is 0.514 e. The normalized spacial score (nSPS) is 13.1. The number of benzene rings is 2. The van der Waals surface area contributed by atoms with Crippen molar-refractivity contribution < 1.29 is 32.4 Å². The summed E-state index contributed by atoms with van der Waals surface area (Å²) in [5.74, 6) is 0.0439. The third-order valence-corrected chi connectivity index (χ3v) is 5.28. The molecule has 0 aliphatic rings. The van der Waals surface area contributed by atoms with Gasteiger partial charge in [0.25, 0.3) is 5.69 Å². The molecule has 1 atom stereocenters. The van der Waals surface area contributed by atoms with E-state index in [1.165, 1.54) is 30.3 Å². The third kappa shape index (κ3) is 5.29. The van der Waals surface area contributed by atoms with Gasteiger partial charge in [-0.1, -0.05) is 20.8 Å². The number of ether oxygens (including phenoxy) is 2. The lowest BCUT2D eigenvalue weighted by atomic mass is 9.89. The number of non-ortho nitro benzene ring substituents is 1. The largest absolute Gasteiger partial charge is 0.514 e. The van der Waals surface area contributed by atoms with Gasteiger partial charge in [-0.25, -0.2) is 9.78 Å². The van der Waals surface area contributed by atoms with Crippen LogP contribution in [-0.4, -0.2) is 16.1 Å². The average molecular weight is 454 g/mol. The maximum absolute atomic E-state index is 13.0. The van der Waals surface area contributed by atoms with Crippen LogP contribution in [0.5, 0.6) is 5.75 Å². The highest BCUT2D eigenvalue weighted by Gasteiger charge is 2.35. The number of alkyl halides is 3. The molecule has 7 nitrogen and oxygen atoms in total. The number of halogens is 3. The number of hydrogen-bond donors (Lipinski definition) is 0. The van der Waals surface area contributed by atoms with E-state index in [2.05, 4.69) is 4.98 Å². The molecule has 1 aromatic heterocycles. The van der Waals surface area contributed by atoms with Gasteiger partial charge in [0.15, 0.2) is 6.10 Å². The van der Waals surface area contributed by atoms with Crippen molar-refractivity contribution in [3.05, 3.63) is 63.1 Å². The van der Waals surface area contributed by atoms with Crippen molar-refractivity contribution in [1.29, 1.82) is 0 Å². The van der Waals surface area contributed by atoms with Crippen molar-refractivity contribution in [2.24, 2.45) is 5.41 Å². The Bertz CT molecular complexity index is 1120. The summed E-state index contributed by atoms with van der Waals surface area (Å²) in [4.78, 5) is 26.7. The molecule has 1 heterocycles. The van der Waals surface area contributed by atoms with E-state index in [-0.39, 0.29) is 17.0 Å². The second-order valence-corrected chi connectivity index (χ2v) is 8.76. The Labute approximate surface area is 178 Å². The Morgan fingerprint density at radius 3 is 2.32 bits per heavy atom. The van der Waals surface area contributed by atoms with Crippen LogP contribution in [0.1, 0.15) is 37.4 Å². The summed E-state index contributed by atoms with van der Waals surface area (Å²) in [5.41, 5.74) is -1.48. The number of fused-ring (bicyclic) bond motifs is 1. The molecule has 2 aromatic carbocycles. The zero-order valence-electron chi connectivity index (χ0n) is 16.6. The Kier molecular flexibility index (Phi) is 5.90. The fraction of sp³-hybridized carbons (Fsp3) is 0.300. The molecule has 0 aliphatic carbocycles. The van der Waals surface area contributed by atoms with Gasteiger partial charge in [0, 0.05) is 17.5 Å². The molecule has 3 rings (SSSR count). The van der Waals surface area contributed by atoms with Gasteiger partial charge >= 0.3 is 12.3 Å². The molecule has 3 aromatic rings. The van der Waals surface area contributed by atoms with Crippen LogP contribution in [0.3, 0.4) is 0 Å². The van der Waals surface area contributed by atoms with Crippen LogP contribution >= 0.6 is 11.3 Å². The predicted octanol–water partition coefficient (Wildman–Crippen LogP) is 6.53. The standard InChI is InChI=1S/C20H17F3N2O5S/c1-19(2,3)16(30-18(26)29-13-7-5-12(6-8-13)25(27)28)17-24-14-10-11(20(21,22)23)4-9-15(14)31-17/h4-10,16H,1-3H3. The van der Waals surface area contributed by atoms with Gasteiger partial charge in [-0.15, -0.1) is 11.3 Å². The van der Waals surface area contributed by atoms with Gasteiger partial charge < -0.3 is 9.47 Å². The van der Waals surface area contributed by atoms with Crippen molar-refractivity contribution in [2.45, 2.75) is 33.1 Å². The summed E-state index contributed by atoms with van der Waals surface area (Å²) >= 11 is 1.12. The lowest BCUT2D eigenvalue weighted by Gasteiger charge is -2.28. The number of rotatable bonds is 4. The van der Waals surface area contributed by atoms with Crippen molar-refractivity contribution in [1.82, 2.24) is 4.98 Å². The number of nitrogens with zero attached hydrogens (tertiary/aromatic N) is 2. The molecule has 11 heteroatoms. The van der Waals surface area contributed by atoms with Gasteiger partial charge in [0.2, 0.25) is 0 Å². The molecular formula is C20H17F3N2O5S. The monoisotopic (exact) mass is 454 g/mol. The van der Waals surface area contributed by atoms with E-state index in [1.54, 1.807) is 20.8 Å². The van der Waals surface area contributed by atoms with Crippen LogP contribution in [0.2, 0.25) is 0 Å². The minimum absolute atomic E-state index is 0.0439. The Morgan fingerprint density at radius 2 is 1.77 bits per heavy atom. The molecule has 0 N–H and O–H groups in total. The van der Waals surface area contributed by atoms with Crippen molar-refractivity contribution in [3.8, 4) is 5.75 Å². The molecule has 0 fully saturated rings. The topological polar surface area (TPSA) is 91.6 Å². The second-order valence-electron chi connectivity index (χ2n) is 7.70. The number of hydrogen-bond acceptors (Lipinski definition) is 7. The van der Waals surface area contributed by atoms with Gasteiger partial charge in [0.1, 0.15) is 10.8 Å². The fourth-order valence-electron chi connectivity index (χ4n) is 2.68. The number of aromatic nitrogens is 1. The number of carbonyl (C=O) groups excluding carboxylic acids is 1. The smallest absolute Gasteiger partial charge is 0.423 e. The Hall–Kier alpha value is -3.21. The zero-order valence-corrected chi connectivity index (χ0v) is 17.4. The first-order valence-corrected chi connectivity index (χ1v) is 9.77. The molecule has 0 bridgehead atoms. The Balaban J connectivity index is 1.83. The third-order valence-electron chi connectivity index (χ3n) is 4.21. The highest BCUT2D eigenvalue weighted by Crippen LogP contribution is 2.41. The SMILES string of the molecule is CC(C)(C)C(OC(=O)Oc1ccc([N+](=O)[O-])cc1)c1nc2cc(C(F)(F)F)ccc2s1. The van der Waals surface area contributed by atoms with Crippen molar-refractivity contribution in [3.63, 3.8) is 0 Å². The zero-order chi connectivity index (χ0) is 23.0. The number of carbonyl (C=O) groups is 1. The van der Waals surface area contributed by atoms with E-state index >= 15 is 0 Å². The van der Waals surface area contributed by atoms with E-state index in [4.69, 9.17) is 9.47 Å². The first-order valence-electron chi connectivity index (χ1n) is 8.95. The predicted molar refractivity (Wildman–Crippen MR) is 107 cm³/mol. The van der Waals surface area contributed by atoms with Crippen LogP contribution in [0.4, 0.5) is 23.7 Å². The van der Waals surface area contributed by atoms with Crippen LogP contribution in [0.25, 0.3) is 10.2 Å². The molecule has 0 saturated carbocycles. The molecule has 1 unspecified atom stereocenters. The van der Waals surface area contributed by atoms with E-state index in [1.807, 2.05) is 0 Å². The lowest BCUT2D eigenvalue weighted by Crippen LogP contribution is -2.25. The summed E-state index contributed by atoms with van der Waals surface area (Å²) in [7, 11) is 0. The summed E-state index contributed by atoms with van der Waals surface area (Å²) < 4.78 is 50.0. The molecule has 0 spiro atoms. The summed E-state index contributed by atoms with van der Waals surface area (Å²) in [6.07, 6.45) is -6.46. The number of thiazole rings is 1. The molecule has 0 radical (unpaired) electrons. The van der Waals surface area contributed by atoms with E-state index in [9.17, 15) is 28.1 Å². The fourth-order valence-corrected chi connectivity index (χ4v) is 3.91. The van der Waals surface area contributed by atoms with Crippen LogP contribution in [-0.2, 0) is 10.9 Å². The Morgan fingerprint density at radius 1 is 1.13 bits per heavy atom. The van der Waals surface area contributed by atoms with Crippen molar-refractivity contribution in [2.75, 3.05) is 0 Å². The highest BCUT2D eigenvalue weighted by molar-refractivity contribution is 7.18. The summed E-state index contributed by atoms with van der Waals surface area (Å²) in [6.45, 7) is 5.35. The first-order chi connectivity index (χ1) is 14.3. The van der Waals surface area contributed by atoms with Crippen molar-refractivity contribution >= 4 is 33.4 Å². The molecule has 31 heavy (non-hydrogen) atoms. The van der Waals surface area contributed by atoms with Crippen LogP contribution < -0.4 is 4.74 Å². The van der Waals surface area contributed by atoms with E-state index in [0.29, 0.717) is 9.71 Å². The maximum atomic E-state index is 13.0. The lowest BCUT2D eigenvalue weighted by molar-refractivity contribution is -0.384. The summed E-state index contributed by atoms with van der Waals surface area (Å²) in [6, 6.07) is 8.10. The number of nitro benzene ring substituents is 1. The average Bonchev–Trinajstić information content (AvgIpc) is 3.07. The minimum atomic E-state index is -4.49. The summed E-state index contributed by atoms with van der Waals surface area (Å²) in [5, 5.41) is 11.0. The van der Waals surface area contributed by atoms with E-state index in [0.717, 1.165) is 23.5 Å². The van der Waals surface area contributed by atoms with Crippen LogP contribution in [0, 0.1) is 15.5 Å². The number of nitro groups is 1. The van der Waals surface area contributed by atoms with Gasteiger partial charge in [-0.2, -0.15) is 13.2 Å². The molecular weight excluding hydrogens is 437 g/mol. The first kappa shape index (κ1) is 22.5. The second kappa shape index (κ2) is 8.14. The van der Waals surface area contributed by atoms with Gasteiger partial charge in [0.05, 0.1) is 20.7 Å².